The quantitative estimate of drug-likeness (QED) is 0.746. The van der Waals surface area contributed by atoms with E-state index < -0.39 is 0 Å². The van der Waals surface area contributed by atoms with Gasteiger partial charge in [0.1, 0.15) is 0 Å². The van der Waals surface area contributed by atoms with Crippen LogP contribution in [0.5, 0.6) is 0 Å². The predicted octanol–water partition coefficient (Wildman–Crippen LogP) is 3.84. The number of alkyl halides is 1. The highest BCUT2D eigenvalue weighted by Gasteiger charge is 2.15. The Bertz CT molecular complexity index is 321. The maximum Gasteiger partial charge on any atom is 0.0738 e. The molecule has 1 aromatic heterocycles. The van der Waals surface area contributed by atoms with Crippen LogP contribution in [0.4, 0.5) is 0 Å². The van der Waals surface area contributed by atoms with Crippen molar-refractivity contribution in [3.8, 4) is 0 Å². The highest BCUT2D eigenvalue weighted by Crippen LogP contribution is 2.25. The second kappa shape index (κ2) is 6.04. The molecule has 0 aliphatic carbocycles. The fraction of sp³-hybridized carbons (Fsp3) is 0.727. The number of halogens is 2. The average molecular weight is 338 g/mol. The summed E-state index contributed by atoms with van der Waals surface area (Å²) in [6.45, 7) is 4.27. The Morgan fingerprint density at radius 1 is 1.47 bits per heavy atom. The summed E-state index contributed by atoms with van der Waals surface area (Å²) in [7, 11) is 2.02. The highest BCUT2D eigenvalue weighted by atomic mass is 79.9. The van der Waals surface area contributed by atoms with E-state index in [2.05, 4.69) is 43.9 Å². The zero-order valence-electron chi connectivity index (χ0n) is 9.56. The van der Waals surface area contributed by atoms with Gasteiger partial charge in [-0.2, -0.15) is 5.10 Å². The van der Waals surface area contributed by atoms with Crippen molar-refractivity contribution in [2.75, 3.05) is 5.33 Å². The van der Waals surface area contributed by atoms with Gasteiger partial charge in [-0.15, -0.1) is 0 Å². The second-order valence-corrected chi connectivity index (χ2v) is 5.42. The molecular formula is C11H18Br2N2. The molecule has 15 heavy (non-hydrogen) atoms. The third kappa shape index (κ3) is 3.31. The van der Waals surface area contributed by atoms with Crippen LogP contribution in [0.1, 0.15) is 31.2 Å². The Hall–Kier alpha value is 0.170. The molecule has 0 bridgehead atoms. The van der Waals surface area contributed by atoms with E-state index in [-0.39, 0.29) is 0 Å². The van der Waals surface area contributed by atoms with Crippen LogP contribution in [0.15, 0.2) is 4.47 Å². The number of nitrogens with zero attached hydrogens (tertiary/aromatic N) is 2. The number of hydrogen-bond acceptors (Lipinski definition) is 1. The molecule has 0 N–H and O–H groups in total. The molecule has 0 radical (unpaired) electrons. The standard InChI is InChI=1S/C11H18Br2N2/c1-4-5-9(7-12)6-10-11(13)8(2)14-15(10)3/h9H,4-7H2,1-3H3. The van der Waals surface area contributed by atoms with E-state index in [1.807, 2.05) is 18.7 Å². The highest BCUT2D eigenvalue weighted by molar-refractivity contribution is 9.10. The SMILES string of the molecule is CCCC(CBr)Cc1c(Br)c(C)nn1C. The lowest BCUT2D eigenvalue weighted by molar-refractivity contribution is 0.512. The summed E-state index contributed by atoms with van der Waals surface area (Å²) in [4.78, 5) is 0. The smallest absolute Gasteiger partial charge is 0.0738 e. The number of aryl methyl sites for hydroxylation is 2. The van der Waals surface area contributed by atoms with E-state index in [9.17, 15) is 0 Å². The van der Waals surface area contributed by atoms with Gasteiger partial charge < -0.3 is 0 Å². The van der Waals surface area contributed by atoms with Crippen LogP contribution >= 0.6 is 31.9 Å². The average Bonchev–Trinajstić information content (AvgIpc) is 2.44. The summed E-state index contributed by atoms with van der Waals surface area (Å²) in [5.74, 6) is 0.709. The van der Waals surface area contributed by atoms with Gasteiger partial charge in [0.05, 0.1) is 15.9 Å². The molecule has 1 unspecified atom stereocenters. The van der Waals surface area contributed by atoms with E-state index in [4.69, 9.17) is 0 Å². The van der Waals surface area contributed by atoms with Gasteiger partial charge in [-0.3, -0.25) is 4.68 Å². The minimum absolute atomic E-state index is 0.709. The van der Waals surface area contributed by atoms with E-state index >= 15 is 0 Å². The maximum atomic E-state index is 4.41. The van der Waals surface area contributed by atoms with E-state index in [1.54, 1.807) is 0 Å². The molecule has 0 saturated heterocycles. The van der Waals surface area contributed by atoms with Gasteiger partial charge in [0, 0.05) is 12.4 Å². The predicted molar refractivity (Wildman–Crippen MR) is 71.5 cm³/mol. The molecule has 0 aliphatic heterocycles. The summed E-state index contributed by atoms with van der Waals surface area (Å²) in [5.41, 5.74) is 2.39. The van der Waals surface area contributed by atoms with Crippen LogP contribution in [-0.2, 0) is 13.5 Å². The van der Waals surface area contributed by atoms with Crippen molar-refractivity contribution in [1.29, 1.82) is 0 Å². The van der Waals surface area contributed by atoms with Gasteiger partial charge in [0.2, 0.25) is 0 Å². The summed E-state index contributed by atoms with van der Waals surface area (Å²) in [6, 6.07) is 0. The van der Waals surface area contributed by atoms with Crippen LogP contribution in [0.25, 0.3) is 0 Å². The fourth-order valence-corrected chi connectivity index (χ4v) is 2.87. The Labute approximate surface area is 109 Å². The molecule has 0 saturated carbocycles. The summed E-state index contributed by atoms with van der Waals surface area (Å²) in [5, 5.41) is 5.48. The van der Waals surface area contributed by atoms with Crippen molar-refractivity contribution in [1.82, 2.24) is 9.78 Å². The Kier molecular flexibility index (Phi) is 5.33. The summed E-state index contributed by atoms with van der Waals surface area (Å²) >= 11 is 7.20. The topological polar surface area (TPSA) is 17.8 Å². The molecule has 0 aliphatic rings. The molecule has 0 fully saturated rings. The first-order valence-corrected chi connectivity index (χ1v) is 7.25. The molecule has 0 spiro atoms. The monoisotopic (exact) mass is 336 g/mol. The van der Waals surface area contributed by atoms with E-state index in [1.165, 1.54) is 23.0 Å². The van der Waals surface area contributed by atoms with Gasteiger partial charge in [-0.1, -0.05) is 29.3 Å². The molecule has 0 aromatic carbocycles. The Balaban J connectivity index is 2.78. The summed E-state index contributed by atoms with van der Waals surface area (Å²) in [6.07, 6.45) is 3.60. The molecule has 1 rings (SSSR count). The zero-order valence-corrected chi connectivity index (χ0v) is 12.7. The Morgan fingerprint density at radius 3 is 2.53 bits per heavy atom. The third-order valence-electron chi connectivity index (χ3n) is 2.66. The van der Waals surface area contributed by atoms with Crippen molar-refractivity contribution in [3.05, 3.63) is 15.9 Å². The first-order valence-electron chi connectivity index (χ1n) is 5.34. The van der Waals surface area contributed by atoms with Gasteiger partial charge in [-0.25, -0.2) is 0 Å². The van der Waals surface area contributed by atoms with Crippen LogP contribution in [0, 0.1) is 12.8 Å². The summed E-state index contributed by atoms with van der Waals surface area (Å²) < 4.78 is 3.16. The lowest BCUT2D eigenvalue weighted by Gasteiger charge is -2.13. The zero-order chi connectivity index (χ0) is 11.4. The maximum absolute atomic E-state index is 4.41. The molecule has 4 heteroatoms. The lowest BCUT2D eigenvalue weighted by Crippen LogP contribution is -2.10. The molecule has 0 amide bonds. The van der Waals surface area contributed by atoms with Gasteiger partial charge >= 0.3 is 0 Å². The lowest BCUT2D eigenvalue weighted by atomic mass is 10.00. The van der Waals surface area contributed by atoms with E-state index in [0.29, 0.717) is 5.92 Å². The van der Waals surface area contributed by atoms with Crippen LogP contribution in [0.3, 0.4) is 0 Å². The van der Waals surface area contributed by atoms with Crippen LogP contribution in [0.2, 0.25) is 0 Å². The van der Waals surface area contributed by atoms with Crippen molar-refractivity contribution in [3.63, 3.8) is 0 Å². The molecular weight excluding hydrogens is 320 g/mol. The molecule has 2 nitrogen and oxygen atoms in total. The largest absolute Gasteiger partial charge is 0.271 e. The van der Waals surface area contributed by atoms with Gasteiger partial charge in [0.15, 0.2) is 0 Å². The Morgan fingerprint density at radius 2 is 2.13 bits per heavy atom. The minimum Gasteiger partial charge on any atom is -0.271 e. The number of rotatable bonds is 5. The minimum atomic E-state index is 0.709. The fourth-order valence-electron chi connectivity index (χ4n) is 1.82. The number of hydrogen-bond donors (Lipinski definition) is 0. The van der Waals surface area contributed by atoms with Crippen molar-refractivity contribution in [2.45, 2.75) is 33.1 Å². The molecule has 86 valence electrons. The normalized spacial score (nSPS) is 13.1. The first kappa shape index (κ1) is 13.2. The number of aromatic nitrogens is 2. The van der Waals surface area contributed by atoms with Gasteiger partial charge in [-0.05, 0) is 41.6 Å². The van der Waals surface area contributed by atoms with E-state index in [0.717, 1.165) is 17.4 Å². The van der Waals surface area contributed by atoms with Crippen LogP contribution < -0.4 is 0 Å². The van der Waals surface area contributed by atoms with Crippen molar-refractivity contribution in [2.24, 2.45) is 13.0 Å². The molecule has 1 heterocycles. The van der Waals surface area contributed by atoms with Crippen molar-refractivity contribution >= 4 is 31.9 Å². The molecule has 1 aromatic rings. The van der Waals surface area contributed by atoms with Crippen molar-refractivity contribution < 1.29 is 0 Å². The van der Waals surface area contributed by atoms with Crippen LogP contribution in [-0.4, -0.2) is 15.1 Å². The van der Waals surface area contributed by atoms with Gasteiger partial charge in [0.25, 0.3) is 0 Å². The molecule has 1 atom stereocenters. The first-order chi connectivity index (χ1) is 7.10. The third-order valence-corrected chi connectivity index (χ3v) is 4.61. The second-order valence-electron chi connectivity index (χ2n) is 3.98.